The monoisotopic (exact) mass is 466 g/mol. The fraction of sp³-hybridized carbons (Fsp3) is 0.480. The Morgan fingerprint density at radius 3 is 2.88 bits per heavy atom. The van der Waals surface area contributed by atoms with E-state index in [1.165, 1.54) is 37.4 Å². The molecule has 5 rings (SSSR count). The molecule has 174 valence electrons. The van der Waals surface area contributed by atoms with Crippen molar-refractivity contribution in [3.05, 3.63) is 48.4 Å². The highest BCUT2D eigenvalue weighted by Crippen LogP contribution is 2.36. The maximum atomic E-state index is 13.2. The predicted molar refractivity (Wildman–Crippen MR) is 127 cm³/mol. The molecule has 2 fully saturated rings. The molecule has 0 radical (unpaired) electrons. The van der Waals surface area contributed by atoms with Crippen LogP contribution in [0.2, 0.25) is 0 Å². The zero-order valence-corrected chi connectivity index (χ0v) is 19.8. The Morgan fingerprint density at radius 1 is 1.15 bits per heavy atom. The van der Waals surface area contributed by atoms with Crippen molar-refractivity contribution in [1.29, 1.82) is 0 Å². The van der Waals surface area contributed by atoms with Crippen LogP contribution in [-0.2, 0) is 11.3 Å². The number of hydrogen-bond acceptors (Lipinski definition) is 6. The Kier molecular flexibility index (Phi) is 6.71. The van der Waals surface area contributed by atoms with E-state index in [1.807, 2.05) is 41.0 Å². The molecule has 2 aromatic heterocycles. The molecule has 1 amide bonds. The van der Waals surface area contributed by atoms with Gasteiger partial charge in [0, 0.05) is 18.2 Å². The minimum atomic E-state index is 0.215. The molecule has 2 atom stereocenters. The summed E-state index contributed by atoms with van der Waals surface area (Å²) in [5.41, 5.74) is 0.910. The number of nitrogens with zero attached hydrogens (tertiary/aromatic N) is 4. The quantitative estimate of drug-likeness (QED) is 0.463. The summed E-state index contributed by atoms with van der Waals surface area (Å²) in [7, 11) is 1.65. The van der Waals surface area contributed by atoms with Crippen LogP contribution >= 0.6 is 11.8 Å². The number of ether oxygens (including phenoxy) is 1. The SMILES string of the molecule is COc1cccc(-c2nnc(SCC(=O)N3CCC[C@H]4CCCC[C@@H]43)n2Cc2ccco2)c1. The number of hydrogen-bond donors (Lipinski definition) is 0. The van der Waals surface area contributed by atoms with E-state index < -0.39 is 0 Å². The number of benzene rings is 1. The van der Waals surface area contributed by atoms with Crippen LogP contribution in [0.15, 0.2) is 52.2 Å². The Balaban J connectivity index is 1.36. The van der Waals surface area contributed by atoms with E-state index in [9.17, 15) is 4.79 Å². The number of likely N-dealkylation sites (tertiary alicyclic amines) is 1. The summed E-state index contributed by atoms with van der Waals surface area (Å²) in [6.45, 7) is 1.38. The van der Waals surface area contributed by atoms with Gasteiger partial charge in [0.25, 0.3) is 0 Å². The molecule has 1 aliphatic heterocycles. The van der Waals surface area contributed by atoms with E-state index in [1.54, 1.807) is 13.4 Å². The van der Waals surface area contributed by atoms with Crippen LogP contribution < -0.4 is 4.74 Å². The van der Waals surface area contributed by atoms with Gasteiger partial charge in [0.1, 0.15) is 11.5 Å². The molecule has 0 spiro atoms. The van der Waals surface area contributed by atoms with E-state index >= 15 is 0 Å². The number of methoxy groups -OCH3 is 1. The van der Waals surface area contributed by atoms with Gasteiger partial charge in [-0.3, -0.25) is 9.36 Å². The van der Waals surface area contributed by atoms with Crippen molar-refractivity contribution in [3.8, 4) is 17.1 Å². The molecular formula is C25H30N4O3S. The highest BCUT2D eigenvalue weighted by molar-refractivity contribution is 7.99. The molecule has 1 saturated carbocycles. The first kappa shape index (κ1) is 22.1. The normalized spacial score (nSPS) is 20.5. The van der Waals surface area contributed by atoms with Crippen LogP contribution in [0, 0.1) is 5.92 Å². The van der Waals surface area contributed by atoms with Crippen molar-refractivity contribution >= 4 is 17.7 Å². The summed E-state index contributed by atoms with van der Waals surface area (Å²) in [6.07, 6.45) is 9.01. The molecule has 1 saturated heterocycles. The summed E-state index contributed by atoms with van der Waals surface area (Å²) < 4.78 is 13.0. The van der Waals surface area contributed by atoms with Crippen LogP contribution in [0.3, 0.4) is 0 Å². The van der Waals surface area contributed by atoms with Crippen LogP contribution in [0.1, 0.15) is 44.3 Å². The Hall–Kier alpha value is -2.74. The fourth-order valence-corrected chi connectivity index (χ4v) is 6.04. The lowest BCUT2D eigenvalue weighted by molar-refractivity contribution is -0.134. The highest BCUT2D eigenvalue weighted by Gasteiger charge is 2.35. The lowest BCUT2D eigenvalue weighted by atomic mass is 9.78. The average Bonchev–Trinajstić information content (AvgIpc) is 3.52. The summed E-state index contributed by atoms with van der Waals surface area (Å²) in [6, 6.07) is 12.0. The first-order valence-corrected chi connectivity index (χ1v) is 12.7. The number of amides is 1. The molecule has 0 bridgehead atoms. The van der Waals surface area contributed by atoms with Gasteiger partial charge in [0.2, 0.25) is 5.91 Å². The van der Waals surface area contributed by atoms with Crippen LogP contribution in [-0.4, -0.2) is 51.0 Å². The van der Waals surface area contributed by atoms with Gasteiger partial charge in [-0.15, -0.1) is 10.2 Å². The molecule has 33 heavy (non-hydrogen) atoms. The van der Waals surface area contributed by atoms with E-state index in [0.717, 1.165) is 47.4 Å². The third-order valence-electron chi connectivity index (χ3n) is 6.83. The molecule has 0 unspecified atom stereocenters. The van der Waals surface area contributed by atoms with Crippen molar-refractivity contribution in [1.82, 2.24) is 19.7 Å². The number of aromatic nitrogens is 3. The van der Waals surface area contributed by atoms with E-state index in [0.29, 0.717) is 24.3 Å². The molecule has 3 heterocycles. The fourth-order valence-electron chi connectivity index (χ4n) is 5.22. The average molecular weight is 467 g/mol. The number of piperidine rings is 1. The number of thioether (sulfide) groups is 1. The first-order valence-electron chi connectivity index (χ1n) is 11.7. The summed E-state index contributed by atoms with van der Waals surface area (Å²) in [5, 5.41) is 9.64. The maximum absolute atomic E-state index is 13.2. The second-order valence-electron chi connectivity index (χ2n) is 8.83. The minimum Gasteiger partial charge on any atom is -0.497 e. The molecule has 1 aromatic carbocycles. The topological polar surface area (TPSA) is 73.4 Å². The van der Waals surface area contributed by atoms with E-state index in [-0.39, 0.29) is 5.91 Å². The Morgan fingerprint density at radius 2 is 2.03 bits per heavy atom. The third kappa shape index (κ3) is 4.81. The van der Waals surface area contributed by atoms with Gasteiger partial charge in [0.15, 0.2) is 11.0 Å². The highest BCUT2D eigenvalue weighted by atomic mass is 32.2. The van der Waals surface area contributed by atoms with Crippen molar-refractivity contribution in [2.24, 2.45) is 5.92 Å². The molecule has 3 aromatic rings. The van der Waals surface area contributed by atoms with Crippen LogP contribution in [0.25, 0.3) is 11.4 Å². The molecule has 1 aliphatic carbocycles. The Labute approximate surface area is 198 Å². The van der Waals surface area contributed by atoms with Gasteiger partial charge >= 0.3 is 0 Å². The number of rotatable bonds is 7. The number of carbonyl (C=O) groups excluding carboxylic acids is 1. The summed E-state index contributed by atoms with van der Waals surface area (Å²) >= 11 is 1.46. The van der Waals surface area contributed by atoms with Gasteiger partial charge in [-0.25, -0.2) is 0 Å². The molecule has 0 N–H and O–H groups in total. The van der Waals surface area contributed by atoms with Gasteiger partial charge in [-0.05, 0) is 55.9 Å². The van der Waals surface area contributed by atoms with Gasteiger partial charge in [-0.2, -0.15) is 0 Å². The smallest absolute Gasteiger partial charge is 0.233 e. The second kappa shape index (κ2) is 10.0. The summed E-state index contributed by atoms with van der Waals surface area (Å²) in [4.78, 5) is 15.4. The predicted octanol–water partition coefficient (Wildman–Crippen LogP) is 4.87. The van der Waals surface area contributed by atoms with Gasteiger partial charge in [0.05, 0.1) is 25.7 Å². The standard InChI is InChI=1S/C25H30N4O3S/c1-31-20-10-4-8-19(15-20)24-26-27-25(29(24)16-21-11-6-14-32-21)33-17-23(30)28-13-5-9-18-7-2-3-12-22(18)28/h4,6,8,10-11,14-15,18,22H,2-3,5,7,9,12-13,16-17H2,1H3/t18-,22+/m1/s1. The number of furan rings is 1. The van der Waals surface area contributed by atoms with E-state index in [2.05, 4.69) is 15.1 Å². The number of fused-ring (bicyclic) bond motifs is 1. The lowest BCUT2D eigenvalue weighted by Crippen LogP contribution is -2.50. The zero-order chi connectivity index (χ0) is 22.6. The Bertz CT molecular complexity index is 1080. The van der Waals surface area contributed by atoms with E-state index in [4.69, 9.17) is 9.15 Å². The van der Waals surface area contributed by atoms with Crippen molar-refractivity contribution in [2.45, 2.75) is 56.3 Å². The van der Waals surface area contributed by atoms with Crippen LogP contribution in [0.5, 0.6) is 5.75 Å². The van der Waals surface area contributed by atoms with Crippen LogP contribution in [0.4, 0.5) is 0 Å². The zero-order valence-electron chi connectivity index (χ0n) is 19.0. The van der Waals surface area contributed by atoms with Crippen molar-refractivity contribution in [2.75, 3.05) is 19.4 Å². The molecule has 8 heteroatoms. The number of carbonyl (C=O) groups is 1. The van der Waals surface area contributed by atoms with Crippen molar-refractivity contribution < 1.29 is 13.9 Å². The lowest BCUT2D eigenvalue weighted by Gasteiger charge is -2.44. The summed E-state index contributed by atoms with van der Waals surface area (Å²) in [5.74, 6) is 3.57. The largest absolute Gasteiger partial charge is 0.497 e. The molecule has 7 nitrogen and oxygen atoms in total. The van der Waals surface area contributed by atoms with Crippen molar-refractivity contribution in [3.63, 3.8) is 0 Å². The van der Waals surface area contributed by atoms with Gasteiger partial charge in [-0.1, -0.05) is 36.7 Å². The maximum Gasteiger partial charge on any atom is 0.233 e. The first-order chi connectivity index (χ1) is 16.2. The van der Waals surface area contributed by atoms with Gasteiger partial charge < -0.3 is 14.1 Å². The second-order valence-corrected chi connectivity index (χ2v) is 9.78. The minimum absolute atomic E-state index is 0.215. The molecular weight excluding hydrogens is 436 g/mol. The third-order valence-corrected chi connectivity index (χ3v) is 7.78. The molecule has 2 aliphatic rings.